The number of rotatable bonds is 2. The van der Waals surface area contributed by atoms with Gasteiger partial charge in [0.2, 0.25) is 0 Å². The Bertz CT molecular complexity index is 760. The number of nitrogens with zero attached hydrogens (tertiary/aromatic N) is 4. The van der Waals surface area contributed by atoms with Gasteiger partial charge in [-0.1, -0.05) is 0 Å². The molecule has 2 atom stereocenters. The third kappa shape index (κ3) is 2.60. The number of anilines is 1. The summed E-state index contributed by atoms with van der Waals surface area (Å²) in [6, 6.07) is 2.24. The van der Waals surface area contributed by atoms with Crippen molar-refractivity contribution in [2.24, 2.45) is 5.41 Å². The maximum absolute atomic E-state index is 12.1. The standard InChI is InChI=1S/C16H21BrN4O2/c1-10-7-12(17)21-13(10)14(18-9-19-21)20-6-5-16(3,8-11(20)2)15(22)23-4/h7,9,11H,5-6,8H2,1-4H3/t11-,16+/m0/s1. The molecule has 0 spiro atoms. The molecule has 0 saturated carbocycles. The van der Waals surface area contributed by atoms with E-state index < -0.39 is 5.41 Å². The number of hydrogen-bond acceptors (Lipinski definition) is 5. The van der Waals surface area contributed by atoms with Crippen LogP contribution in [0.3, 0.4) is 0 Å². The van der Waals surface area contributed by atoms with Crippen molar-refractivity contribution in [3.05, 3.63) is 22.6 Å². The molecule has 0 unspecified atom stereocenters. The van der Waals surface area contributed by atoms with E-state index in [-0.39, 0.29) is 12.0 Å². The van der Waals surface area contributed by atoms with Crippen LogP contribution in [-0.2, 0) is 9.53 Å². The molecule has 0 N–H and O–H groups in total. The SMILES string of the molecule is COC(=O)[C@]1(C)CCN(c2ncnn3c(Br)cc(C)c23)[C@@H](C)C1. The third-order valence-electron chi connectivity index (χ3n) is 4.81. The van der Waals surface area contributed by atoms with E-state index in [9.17, 15) is 4.79 Å². The number of aromatic nitrogens is 3. The molecule has 1 aliphatic heterocycles. The molecule has 0 aromatic carbocycles. The lowest BCUT2D eigenvalue weighted by Crippen LogP contribution is -2.48. The fourth-order valence-corrected chi connectivity index (χ4v) is 4.18. The predicted octanol–water partition coefficient (Wildman–Crippen LogP) is 2.97. The van der Waals surface area contributed by atoms with Gasteiger partial charge in [0.1, 0.15) is 16.4 Å². The van der Waals surface area contributed by atoms with E-state index in [1.807, 2.05) is 17.5 Å². The highest BCUT2D eigenvalue weighted by molar-refractivity contribution is 9.10. The largest absolute Gasteiger partial charge is 0.469 e. The van der Waals surface area contributed by atoms with Crippen LogP contribution in [0.2, 0.25) is 0 Å². The second-order valence-electron chi connectivity index (χ2n) is 6.54. The van der Waals surface area contributed by atoms with Crippen LogP contribution in [0.1, 0.15) is 32.3 Å². The number of esters is 1. The molecule has 3 rings (SSSR count). The summed E-state index contributed by atoms with van der Waals surface area (Å²) >= 11 is 3.53. The van der Waals surface area contributed by atoms with Crippen LogP contribution in [0.5, 0.6) is 0 Å². The molecule has 6 nitrogen and oxygen atoms in total. The van der Waals surface area contributed by atoms with E-state index in [1.54, 1.807) is 6.33 Å². The molecule has 23 heavy (non-hydrogen) atoms. The molecule has 7 heteroatoms. The predicted molar refractivity (Wildman–Crippen MR) is 91.6 cm³/mol. The number of halogens is 1. The molecule has 1 aliphatic rings. The Morgan fingerprint density at radius 1 is 1.52 bits per heavy atom. The van der Waals surface area contributed by atoms with Crippen LogP contribution >= 0.6 is 15.9 Å². The van der Waals surface area contributed by atoms with Gasteiger partial charge in [0.05, 0.1) is 12.5 Å². The molecule has 0 aliphatic carbocycles. The summed E-state index contributed by atoms with van der Waals surface area (Å²) < 4.78 is 7.76. The Morgan fingerprint density at radius 2 is 2.26 bits per heavy atom. The second kappa shape index (κ2) is 5.78. The maximum Gasteiger partial charge on any atom is 0.311 e. The van der Waals surface area contributed by atoms with Crippen LogP contribution in [0.25, 0.3) is 5.52 Å². The number of fused-ring (bicyclic) bond motifs is 1. The number of carbonyl (C=O) groups excluding carboxylic acids is 1. The third-order valence-corrected chi connectivity index (χ3v) is 5.38. The Kier molecular flexibility index (Phi) is 4.08. The quantitative estimate of drug-likeness (QED) is 0.749. The molecule has 1 saturated heterocycles. The van der Waals surface area contributed by atoms with Crippen LogP contribution in [0.4, 0.5) is 5.82 Å². The van der Waals surface area contributed by atoms with Crippen molar-refractivity contribution in [2.75, 3.05) is 18.6 Å². The van der Waals surface area contributed by atoms with Gasteiger partial charge in [-0.3, -0.25) is 4.79 Å². The van der Waals surface area contributed by atoms with Crippen molar-refractivity contribution >= 4 is 33.2 Å². The smallest absolute Gasteiger partial charge is 0.311 e. The summed E-state index contributed by atoms with van der Waals surface area (Å²) in [5.74, 6) is 0.793. The highest BCUT2D eigenvalue weighted by Crippen LogP contribution is 2.38. The van der Waals surface area contributed by atoms with Crippen LogP contribution in [0, 0.1) is 12.3 Å². The van der Waals surface area contributed by atoms with Crippen LogP contribution in [-0.4, -0.2) is 40.3 Å². The molecule has 1 fully saturated rings. The minimum Gasteiger partial charge on any atom is -0.469 e. The van der Waals surface area contributed by atoms with Gasteiger partial charge in [0, 0.05) is 12.6 Å². The summed E-state index contributed by atoms with van der Waals surface area (Å²) in [6.45, 7) is 6.94. The molecule has 0 bridgehead atoms. The number of aryl methyl sites for hydroxylation is 1. The van der Waals surface area contributed by atoms with Gasteiger partial charge in [-0.15, -0.1) is 0 Å². The Labute approximate surface area is 144 Å². The lowest BCUT2D eigenvalue weighted by atomic mass is 9.77. The summed E-state index contributed by atoms with van der Waals surface area (Å²) in [4.78, 5) is 18.9. The first kappa shape index (κ1) is 16.2. The van der Waals surface area contributed by atoms with E-state index in [2.05, 4.69) is 44.8 Å². The fraction of sp³-hybridized carbons (Fsp3) is 0.562. The normalized spacial score (nSPS) is 24.9. The zero-order valence-corrected chi connectivity index (χ0v) is 15.4. The summed E-state index contributed by atoms with van der Waals surface area (Å²) in [7, 11) is 1.46. The Balaban J connectivity index is 1.97. The summed E-state index contributed by atoms with van der Waals surface area (Å²) in [5.41, 5.74) is 1.71. The van der Waals surface area contributed by atoms with Crippen molar-refractivity contribution in [3.63, 3.8) is 0 Å². The van der Waals surface area contributed by atoms with E-state index >= 15 is 0 Å². The molecule has 124 valence electrons. The van der Waals surface area contributed by atoms with Gasteiger partial charge in [-0.2, -0.15) is 5.10 Å². The summed E-state index contributed by atoms with van der Waals surface area (Å²) in [6.07, 6.45) is 3.07. The second-order valence-corrected chi connectivity index (χ2v) is 7.36. The van der Waals surface area contributed by atoms with Crippen molar-refractivity contribution in [3.8, 4) is 0 Å². The fourth-order valence-electron chi connectivity index (χ4n) is 3.57. The van der Waals surface area contributed by atoms with Gasteiger partial charge < -0.3 is 9.64 Å². The van der Waals surface area contributed by atoms with Crippen molar-refractivity contribution in [2.45, 2.75) is 39.7 Å². The lowest BCUT2D eigenvalue weighted by molar-refractivity contribution is -0.153. The number of methoxy groups -OCH3 is 1. The molecule has 0 amide bonds. The number of ether oxygens (including phenoxy) is 1. The Hall–Kier alpha value is -1.63. The zero-order chi connectivity index (χ0) is 16.8. The van der Waals surface area contributed by atoms with E-state index in [0.717, 1.165) is 40.9 Å². The van der Waals surface area contributed by atoms with Crippen molar-refractivity contribution < 1.29 is 9.53 Å². The van der Waals surface area contributed by atoms with Gasteiger partial charge >= 0.3 is 5.97 Å². The van der Waals surface area contributed by atoms with E-state index in [0.29, 0.717) is 0 Å². The Morgan fingerprint density at radius 3 is 2.91 bits per heavy atom. The first-order valence-electron chi connectivity index (χ1n) is 7.71. The van der Waals surface area contributed by atoms with E-state index in [4.69, 9.17) is 4.74 Å². The van der Waals surface area contributed by atoms with Gasteiger partial charge in [0.25, 0.3) is 0 Å². The minimum atomic E-state index is -0.425. The topological polar surface area (TPSA) is 59.7 Å². The molecule has 2 aromatic heterocycles. The first-order valence-corrected chi connectivity index (χ1v) is 8.50. The highest BCUT2D eigenvalue weighted by Gasteiger charge is 2.42. The number of hydrogen-bond donors (Lipinski definition) is 0. The maximum atomic E-state index is 12.1. The van der Waals surface area contributed by atoms with Gasteiger partial charge in [0.15, 0.2) is 5.82 Å². The van der Waals surface area contributed by atoms with Gasteiger partial charge in [-0.05, 0) is 61.2 Å². The number of carbonyl (C=O) groups is 1. The monoisotopic (exact) mass is 380 g/mol. The van der Waals surface area contributed by atoms with Crippen LogP contribution in [0.15, 0.2) is 17.0 Å². The lowest BCUT2D eigenvalue weighted by Gasteiger charge is -2.42. The summed E-state index contributed by atoms with van der Waals surface area (Å²) in [5, 5.41) is 4.31. The molecular weight excluding hydrogens is 360 g/mol. The highest BCUT2D eigenvalue weighted by atomic mass is 79.9. The molecule has 3 heterocycles. The molecule has 0 radical (unpaired) electrons. The average Bonchev–Trinajstić information content (AvgIpc) is 2.81. The average molecular weight is 381 g/mol. The van der Waals surface area contributed by atoms with Crippen LogP contribution < -0.4 is 4.90 Å². The minimum absolute atomic E-state index is 0.126. The molecular formula is C16H21BrN4O2. The van der Waals surface area contributed by atoms with Crippen molar-refractivity contribution in [1.82, 2.24) is 14.6 Å². The first-order chi connectivity index (χ1) is 10.9. The van der Waals surface area contributed by atoms with E-state index in [1.165, 1.54) is 7.11 Å². The zero-order valence-electron chi connectivity index (χ0n) is 13.8. The van der Waals surface area contributed by atoms with Gasteiger partial charge in [-0.25, -0.2) is 9.50 Å². The molecule has 2 aromatic rings. The number of piperidine rings is 1. The van der Waals surface area contributed by atoms with Crippen molar-refractivity contribution in [1.29, 1.82) is 0 Å².